The third-order valence-electron chi connectivity index (χ3n) is 4.77. The number of carbonyl (C=O) groups excluding carboxylic acids is 1. The molecule has 0 spiro atoms. The van der Waals surface area contributed by atoms with Crippen molar-refractivity contribution in [2.75, 3.05) is 23.3 Å². The summed E-state index contributed by atoms with van der Waals surface area (Å²) in [6.07, 6.45) is 5.33. The lowest BCUT2D eigenvalue weighted by molar-refractivity contribution is 0.102. The van der Waals surface area contributed by atoms with Gasteiger partial charge < -0.3 is 10.2 Å². The number of aryl methyl sites for hydroxylation is 1. The Kier molecular flexibility index (Phi) is 4.16. The van der Waals surface area contributed by atoms with E-state index in [1.54, 1.807) is 17.1 Å². The zero-order chi connectivity index (χ0) is 18.1. The average molecular weight is 351 g/mol. The van der Waals surface area contributed by atoms with Crippen molar-refractivity contribution in [1.82, 2.24) is 24.5 Å². The molecular weight excluding hydrogens is 330 g/mol. The molecular formula is C18H21N7O. The van der Waals surface area contributed by atoms with Crippen LogP contribution >= 0.6 is 0 Å². The molecule has 0 unspecified atom stereocenters. The van der Waals surface area contributed by atoms with E-state index in [1.165, 1.54) is 6.33 Å². The summed E-state index contributed by atoms with van der Waals surface area (Å²) in [6.45, 7) is 3.90. The first-order valence-corrected chi connectivity index (χ1v) is 8.69. The second kappa shape index (κ2) is 6.62. The first-order chi connectivity index (χ1) is 12.6. The molecule has 0 atom stereocenters. The third kappa shape index (κ3) is 2.83. The Labute approximate surface area is 151 Å². The summed E-state index contributed by atoms with van der Waals surface area (Å²) in [6, 6.07) is 7.35. The van der Waals surface area contributed by atoms with Gasteiger partial charge in [-0.15, -0.1) is 0 Å². The van der Waals surface area contributed by atoms with Crippen molar-refractivity contribution < 1.29 is 4.79 Å². The smallest absolute Gasteiger partial charge is 0.258 e. The van der Waals surface area contributed by atoms with E-state index in [0.717, 1.165) is 43.1 Å². The minimum atomic E-state index is -0.187. The van der Waals surface area contributed by atoms with Crippen LogP contribution in [-0.4, -0.2) is 43.5 Å². The predicted octanol–water partition coefficient (Wildman–Crippen LogP) is 2.16. The Hall–Kier alpha value is -3.16. The van der Waals surface area contributed by atoms with Gasteiger partial charge in [0.2, 0.25) is 0 Å². The van der Waals surface area contributed by atoms with E-state index in [4.69, 9.17) is 0 Å². The van der Waals surface area contributed by atoms with Crippen LogP contribution in [0.4, 0.5) is 11.5 Å². The van der Waals surface area contributed by atoms with Crippen LogP contribution in [-0.2, 0) is 7.05 Å². The van der Waals surface area contributed by atoms with Crippen LogP contribution in [0.3, 0.4) is 0 Å². The quantitative estimate of drug-likeness (QED) is 0.779. The van der Waals surface area contributed by atoms with Crippen LogP contribution in [0.2, 0.25) is 0 Å². The highest BCUT2D eigenvalue weighted by molar-refractivity contribution is 6.08. The summed E-state index contributed by atoms with van der Waals surface area (Å²) >= 11 is 0. The SMILES string of the molecule is Cc1c(NC(=O)c2ccccc2-n2cncn2)c(N2CCCC2)nn1C. The molecule has 0 radical (unpaired) electrons. The molecule has 0 saturated carbocycles. The number of benzene rings is 1. The molecule has 1 aliphatic heterocycles. The second-order valence-corrected chi connectivity index (χ2v) is 6.41. The Morgan fingerprint density at radius 1 is 1.19 bits per heavy atom. The van der Waals surface area contributed by atoms with Crippen LogP contribution in [0.15, 0.2) is 36.9 Å². The van der Waals surface area contributed by atoms with E-state index in [9.17, 15) is 4.79 Å². The highest BCUT2D eigenvalue weighted by atomic mass is 16.1. The average Bonchev–Trinajstić information content (AvgIpc) is 3.40. The number of hydrogen-bond donors (Lipinski definition) is 1. The fourth-order valence-corrected chi connectivity index (χ4v) is 3.27. The first kappa shape index (κ1) is 16.3. The van der Waals surface area contributed by atoms with Crippen molar-refractivity contribution in [1.29, 1.82) is 0 Å². The van der Waals surface area contributed by atoms with E-state index >= 15 is 0 Å². The number of amides is 1. The third-order valence-corrected chi connectivity index (χ3v) is 4.77. The molecule has 2 aromatic heterocycles. The van der Waals surface area contributed by atoms with Crippen molar-refractivity contribution in [3.8, 4) is 5.69 Å². The largest absolute Gasteiger partial charge is 0.353 e. The van der Waals surface area contributed by atoms with Gasteiger partial charge in [-0.05, 0) is 31.9 Å². The predicted molar refractivity (Wildman–Crippen MR) is 98.7 cm³/mol. The molecule has 1 aliphatic rings. The summed E-state index contributed by atoms with van der Waals surface area (Å²) in [5.41, 5.74) is 2.92. The number of anilines is 2. The van der Waals surface area contributed by atoms with E-state index in [2.05, 4.69) is 25.4 Å². The normalized spacial score (nSPS) is 14.0. The van der Waals surface area contributed by atoms with Gasteiger partial charge in [-0.3, -0.25) is 9.48 Å². The number of carbonyl (C=O) groups is 1. The van der Waals surface area contributed by atoms with Crippen molar-refractivity contribution in [2.24, 2.45) is 7.05 Å². The lowest BCUT2D eigenvalue weighted by Gasteiger charge is -2.17. The Bertz CT molecular complexity index is 923. The van der Waals surface area contributed by atoms with Crippen molar-refractivity contribution >= 4 is 17.4 Å². The first-order valence-electron chi connectivity index (χ1n) is 8.69. The van der Waals surface area contributed by atoms with E-state index < -0.39 is 0 Å². The van der Waals surface area contributed by atoms with Crippen molar-refractivity contribution in [3.63, 3.8) is 0 Å². The summed E-state index contributed by atoms with van der Waals surface area (Å²) in [5, 5.41) is 11.8. The topological polar surface area (TPSA) is 80.9 Å². The van der Waals surface area contributed by atoms with Gasteiger partial charge >= 0.3 is 0 Å². The molecule has 8 nitrogen and oxygen atoms in total. The minimum Gasteiger partial charge on any atom is -0.353 e. The summed E-state index contributed by atoms with van der Waals surface area (Å²) < 4.78 is 3.40. The molecule has 1 aromatic carbocycles. The fourth-order valence-electron chi connectivity index (χ4n) is 3.27. The molecule has 1 fully saturated rings. The molecule has 3 aromatic rings. The number of nitrogens with one attached hydrogen (secondary N) is 1. The second-order valence-electron chi connectivity index (χ2n) is 6.41. The Morgan fingerprint density at radius 2 is 1.96 bits per heavy atom. The Balaban J connectivity index is 1.68. The maximum absolute atomic E-state index is 13.0. The summed E-state index contributed by atoms with van der Waals surface area (Å²) in [4.78, 5) is 19.2. The van der Waals surface area contributed by atoms with Gasteiger partial charge in [-0.2, -0.15) is 10.2 Å². The molecule has 4 rings (SSSR count). The molecule has 1 N–H and O–H groups in total. The molecule has 8 heteroatoms. The van der Waals surface area contributed by atoms with Gasteiger partial charge in [0.25, 0.3) is 5.91 Å². The highest BCUT2D eigenvalue weighted by Crippen LogP contribution is 2.31. The van der Waals surface area contributed by atoms with Gasteiger partial charge in [0.05, 0.1) is 16.9 Å². The van der Waals surface area contributed by atoms with E-state index in [1.807, 2.05) is 36.9 Å². The summed E-state index contributed by atoms with van der Waals surface area (Å²) in [7, 11) is 1.90. The zero-order valence-electron chi connectivity index (χ0n) is 14.9. The minimum absolute atomic E-state index is 0.187. The lowest BCUT2D eigenvalue weighted by Crippen LogP contribution is -2.22. The maximum atomic E-state index is 13.0. The molecule has 26 heavy (non-hydrogen) atoms. The molecule has 1 saturated heterocycles. The molecule has 0 bridgehead atoms. The van der Waals surface area contributed by atoms with Crippen LogP contribution in [0.5, 0.6) is 0 Å². The zero-order valence-corrected chi connectivity index (χ0v) is 14.9. The van der Waals surface area contributed by atoms with Gasteiger partial charge in [-0.1, -0.05) is 12.1 Å². The Morgan fingerprint density at radius 3 is 2.69 bits per heavy atom. The van der Waals surface area contributed by atoms with E-state index in [0.29, 0.717) is 11.3 Å². The standard InChI is InChI=1S/C18H21N7O/c1-13-16(17(22-23(13)2)24-9-5-6-10-24)21-18(26)14-7-3-4-8-15(14)25-12-19-11-20-25/h3-4,7-8,11-12H,5-6,9-10H2,1-2H3,(H,21,26). The van der Waals surface area contributed by atoms with Crippen molar-refractivity contribution in [3.05, 3.63) is 48.2 Å². The highest BCUT2D eigenvalue weighted by Gasteiger charge is 2.24. The molecule has 134 valence electrons. The molecule has 0 aliphatic carbocycles. The number of aromatic nitrogens is 5. The van der Waals surface area contributed by atoms with Gasteiger partial charge in [0.1, 0.15) is 18.3 Å². The van der Waals surface area contributed by atoms with Crippen LogP contribution < -0.4 is 10.2 Å². The van der Waals surface area contributed by atoms with Gasteiger partial charge in [0.15, 0.2) is 5.82 Å². The maximum Gasteiger partial charge on any atom is 0.258 e. The summed E-state index contributed by atoms with van der Waals surface area (Å²) in [5.74, 6) is 0.654. The number of para-hydroxylation sites is 1. The van der Waals surface area contributed by atoms with Crippen LogP contribution in [0.25, 0.3) is 5.69 Å². The van der Waals surface area contributed by atoms with Gasteiger partial charge in [-0.25, -0.2) is 9.67 Å². The number of nitrogens with zero attached hydrogens (tertiary/aromatic N) is 6. The van der Waals surface area contributed by atoms with Crippen LogP contribution in [0.1, 0.15) is 28.9 Å². The number of hydrogen-bond acceptors (Lipinski definition) is 5. The van der Waals surface area contributed by atoms with E-state index in [-0.39, 0.29) is 5.91 Å². The van der Waals surface area contributed by atoms with Crippen LogP contribution in [0, 0.1) is 6.92 Å². The monoisotopic (exact) mass is 351 g/mol. The fraction of sp³-hybridized carbons (Fsp3) is 0.333. The molecule has 3 heterocycles. The molecule has 1 amide bonds. The number of rotatable bonds is 4. The lowest BCUT2D eigenvalue weighted by atomic mass is 10.1. The van der Waals surface area contributed by atoms with Gasteiger partial charge in [0, 0.05) is 20.1 Å². The van der Waals surface area contributed by atoms with Crippen molar-refractivity contribution in [2.45, 2.75) is 19.8 Å².